The lowest BCUT2D eigenvalue weighted by molar-refractivity contribution is 0.619. The smallest absolute Gasteiger partial charge is 0.0625 e. The summed E-state index contributed by atoms with van der Waals surface area (Å²) in [6.45, 7) is 7.90. The molecule has 0 aliphatic heterocycles. The third-order valence-electron chi connectivity index (χ3n) is 3.22. The lowest BCUT2D eigenvalue weighted by atomic mass is 10.2. The van der Waals surface area contributed by atoms with Crippen LogP contribution in [-0.4, -0.2) is 9.78 Å². The van der Waals surface area contributed by atoms with Crippen molar-refractivity contribution >= 4 is 17.3 Å². The van der Waals surface area contributed by atoms with Crippen molar-refractivity contribution in [2.24, 2.45) is 0 Å². The molecule has 3 nitrogen and oxygen atoms in total. The van der Waals surface area contributed by atoms with E-state index >= 15 is 0 Å². The number of rotatable bonds is 5. The second kappa shape index (κ2) is 6.11. The van der Waals surface area contributed by atoms with E-state index in [1.54, 1.807) is 0 Å². The summed E-state index contributed by atoms with van der Waals surface area (Å²) in [6, 6.07) is 8.20. The first kappa shape index (κ1) is 13.9. The summed E-state index contributed by atoms with van der Waals surface area (Å²) in [4.78, 5) is 0. The number of anilines is 1. The summed E-state index contributed by atoms with van der Waals surface area (Å²) in [5.74, 6) is 0. The summed E-state index contributed by atoms with van der Waals surface area (Å²) in [7, 11) is 0. The van der Waals surface area contributed by atoms with Gasteiger partial charge in [0, 0.05) is 17.3 Å². The Morgan fingerprint density at radius 1 is 1.26 bits per heavy atom. The molecule has 102 valence electrons. The predicted octanol–water partition coefficient (Wildman–Crippen LogP) is 4.04. The third kappa shape index (κ3) is 3.29. The molecule has 2 rings (SSSR count). The molecule has 1 N–H and O–H groups in total. The zero-order valence-electron chi connectivity index (χ0n) is 11.7. The number of hydrogen-bond donors (Lipinski definition) is 1. The quantitative estimate of drug-likeness (QED) is 0.894. The lowest BCUT2D eigenvalue weighted by Crippen LogP contribution is -2.07. The van der Waals surface area contributed by atoms with E-state index in [4.69, 9.17) is 11.6 Å². The lowest BCUT2D eigenvalue weighted by Gasteiger charge is -2.09. The van der Waals surface area contributed by atoms with Crippen LogP contribution in [0.15, 0.2) is 24.3 Å². The van der Waals surface area contributed by atoms with Crippen molar-refractivity contribution in [1.29, 1.82) is 0 Å². The number of aromatic nitrogens is 2. The van der Waals surface area contributed by atoms with Gasteiger partial charge >= 0.3 is 0 Å². The van der Waals surface area contributed by atoms with Crippen LogP contribution in [0, 0.1) is 6.92 Å². The minimum atomic E-state index is 0.764. The number of aryl methyl sites for hydroxylation is 3. The van der Waals surface area contributed by atoms with Gasteiger partial charge in [-0.05, 0) is 44.0 Å². The van der Waals surface area contributed by atoms with E-state index in [1.165, 1.54) is 5.69 Å². The number of nitrogens with zero attached hydrogens (tertiary/aromatic N) is 2. The molecule has 0 fully saturated rings. The third-order valence-corrected chi connectivity index (χ3v) is 3.63. The predicted molar refractivity (Wildman–Crippen MR) is 80.8 cm³/mol. The molecular weight excluding hydrogens is 258 g/mol. The number of halogens is 1. The highest BCUT2D eigenvalue weighted by molar-refractivity contribution is 6.31. The van der Waals surface area contributed by atoms with E-state index in [0.717, 1.165) is 41.5 Å². The Balaban J connectivity index is 2.09. The summed E-state index contributed by atoms with van der Waals surface area (Å²) in [5.41, 5.74) is 4.48. The van der Waals surface area contributed by atoms with Gasteiger partial charge in [-0.1, -0.05) is 24.6 Å². The van der Waals surface area contributed by atoms with E-state index in [9.17, 15) is 0 Å². The molecule has 0 spiro atoms. The fourth-order valence-corrected chi connectivity index (χ4v) is 2.18. The molecule has 0 atom stereocenters. The molecule has 0 aliphatic carbocycles. The molecule has 0 amide bonds. The Labute approximate surface area is 119 Å². The fourth-order valence-electron chi connectivity index (χ4n) is 2.00. The summed E-state index contributed by atoms with van der Waals surface area (Å²) in [6.07, 6.45) is 0.969. The van der Waals surface area contributed by atoms with E-state index < -0.39 is 0 Å². The summed E-state index contributed by atoms with van der Waals surface area (Å²) >= 11 is 6.12. The topological polar surface area (TPSA) is 29.9 Å². The van der Waals surface area contributed by atoms with Crippen LogP contribution in [0.25, 0.3) is 0 Å². The number of hydrogen-bond acceptors (Lipinski definition) is 2. The highest BCUT2D eigenvalue weighted by Crippen LogP contribution is 2.20. The first-order valence-corrected chi connectivity index (χ1v) is 7.07. The van der Waals surface area contributed by atoms with E-state index in [-0.39, 0.29) is 0 Å². The average Bonchev–Trinajstić information content (AvgIpc) is 2.82. The van der Waals surface area contributed by atoms with Gasteiger partial charge in [0.25, 0.3) is 0 Å². The van der Waals surface area contributed by atoms with Crippen LogP contribution >= 0.6 is 11.6 Å². The largest absolute Gasteiger partial charge is 0.379 e. The average molecular weight is 278 g/mol. The van der Waals surface area contributed by atoms with Gasteiger partial charge in [-0.3, -0.25) is 4.68 Å². The van der Waals surface area contributed by atoms with Crippen molar-refractivity contribution in [3.63, 3.8) is 0 Å². The standard InChI is InChI=1S/C15H20ClN3/c1-4-12-8-14(19(5-2)18-12)10-17-13-7-6-11(3)15(16)9-13/h6-9,17H,4-5,10H2,1-3H3. The van der Waals surface area contributed by atoms with Crippen LogP contribution in [0.2, 0.25) is 5.02 Å². The van der Waals surface area contributed by atoms with Crippen LogP contribution in [0.3, 0.4) is 0 Å². The highest BCUT2D eigenvalue weighted by atomic mass is 35.5. The SMILES string of the molecule is CCc1cc(CNc2ccc(C)c(Cl)c2)n(CC)n1. The molecule has 1 aromatic carbocycles. The van der Waals surface area contributed by atoms with Crippen molar-refractivity contribution in [2.75, 3.05) is 5.32 Å². The molecule has 0 bridgehead atoms. The second-order valence-electron chi connectivity index (χ2n) is 4.61. The van der Waals surface area contributed by atoms with Crippen molar-refractivity contribution < 1.29 is 0 Å². The Bertz CT molecular complexity index is 561. The van der Waals surface area contributed by atoms with Gasteiger partial charge in [0.05, 0.1) is 17.9 Å². The maximum Gasteiger partial charge on any atom is 0.0625 e. The zero-order chi connectivity index (χ0) is 13.8. The monoisotopic (exact) mass is 277 g/mol. The molecule has 0 saturated carbocycles. The van der Waals surface area contributed by atoms with Gasteiger partial charge in [-0.25, -0.2) is 0 Å². The molecule has 0 unspecified atom stereocenters. The summed E-state index contributed by atoms with van der Waals surface area (Å²) < 4.78 is 2.04. The zero-order valence-corrected chi connectivity index (χ0v) is 12.5. The first-order valence-electron chi connectivity index (χ1n) is 6.69. The van der Waals surface area contributed by atoms with E-state index in [2.05, 4.69) is 36.4 Å². The highest BCUT2D eigenvalue weighted by Gasteiger charge is 2.05. The van der Waals surface area contributed by atoms with Gasteiger partial charge in [0.1, 0.15) is 0 Å². The Kier molecular flexibility index (Phi) is 4.48. The molecule has 0 radical (unpaired) electrons. The van der Waals surface area contributed by atoms with Crippen molar-refractivity contribution in [1.82, 2.24) is 9.78 Å². The van der Waals surface area contributed by atoms with Crippen molar-refractivity contribution in [3.05, 3.63) is 46.2 Å². The minimum absolute atomic E-state index is 0.764. The number of benzene rings is 1. The van der Waals surface area contributed by atoms with Crippen LogP contribution in [-0.2, 0) is 19.5 Å². The van der Waals surface area contributed by atoms with Crippen LogP contribution < -0.4 is 5.32 Å². The van der Waals surface area contributed by atoms with Crippen LogP contribution in [0.4, 0.5) is 5.69 Å². The molecule has 2 aromatic rings. The Hall–Kier alpha value is -1.48. The van der Waals surface area contributed by atoms with Crippen LogP contribution in [0.1, 0.15) is 30.8 Å². The maximum atomic E-state index is 6.12. The van der Waals surface area contributed by atoms with Gasteiger partial charge < -0.3 is 5.32 Å². The van der Waals surface area contributed by atoms with E-state index in [1.807, 2.05) is 23.7 Å². The Morgan fingerprint density at radius 2 is 2.05 bits per heavy atom. The molecule has 0 aliphatic rings. The Morgan fingerprint density at radius 3 is 2.68 bits per heavy atom. The van der Waals surface area contributed by atoms with Gasteiger partial charge in [-0.15, -0.1) is 0 Å². The first-order chi connectivity index (χ1) is 9.13. The van der Waals surface area contributed by atoms with Gasteiger partial charge in [0.15, 0.2) is 0 Å². The molecule has 19 heavy (non-hydrogen) atoms. The molecular formula is C15H20ClN3. The summed E-state index contributed by atoms with van der Waals surface area (Å²) in [5, 5.41) is 8.73. The van der Waals surface area contributed by atoms with Crippen molar-refractivity contribution in [2.45, 2.75) is 40.3 Å². The van der Waals surface area contributed by atoms with E-state index in [0.29, 0.717) is 0 Å². The fraction of sp³-hybridized carbons (Fsp3) is 0.400. The maximum absolute atomic E-state index is 6.12. The minimum Gasteiger partial charge on any atom is -0.379 e. The molecule has 1 heterocycles. The van der Waals surface area contributed by atoms with Crippen LogP contribution in [0.5, 0.6) is 0 Å². The molecule has 1 aromatic heterocycles. The van der Waals surface area contributed by atoms with Gasteiger partial charge in [0.2, 0.25) is 0 Å². The number of nitrogens with one attached hydrogen (secondary N) is 1. The van der Waals surface area contributed by atoms with Gasteiger partial charge in [-0.2, -0.15) is 5.10 Å². The second-order valence-corrected chi connectivity index (χ2v) is 5.02. The normalized spacial score (nSPS) is 10.7. The molecule has 4 heteroatoms. The molecule has 0 saturated heterocycles. The van der Waals surface area contributed by atoms with Crippen molar-refractivity contribution in [3.8, 4) is 0 Å².